The average molecular weight is 565 g/mol. The topological polar surface area (TPSA) is 87.1 Å². The Hall–Kier alpha value is -2.58. The number of hydrogen-bond donors (Lipinski definition) is 1. The summed E-state index contributed by atoms with van der Waals surface area (Å²) in [6, 6.07) is 8.54. The Bertz CT molecular complexity index is 1200. The van der Waals surface area contributed by atoms with Crippen LogP contribution in [0.25, 0.3) is 0 Å². The number of aliphatic hydroxyl groups is 1. The Kier molecular flexibility index (Phi) is 7.59. The molecule has 5 aliphatic rings. The number of amides is 2. The molecule has 1 aromatic rings. The fourth-order valence-corrected chi connectivity index (χ4v) is 9.98. The first-order valence-electron chi connectivity index (χ1n) is 14.9. The highest BCUT2D eigenvalue weighted by atomic mass is 32.2. The number of hydrogen-bond acceptors (Lipinski definition) is 6. The number of carbonyl (C=O) groups is 3. The van der Waals surface area contributed by atoms with E-state index in [0.29, 0.717) is 19.6 Å². The summed E-state index contributed by atoms with van der Waals surface area (Å²) in [4.78, 5) is 46.7. The highest BCUT2D eigenvalue weighted by Crippen LogP contribution is 2.65. The lowest BCUT2D eigenvalue weighted by molar-refractivity contribution is -0.154. The summed E-state index contributed by atoms with van der Waals surface area (Å²) < 4.78 is 4.12. The lowest BCUT2D eigenvalue weighted by atomic mass is 9.74. The first-order valence-corrected chi connectivity index (χ1v) is 15.7. The van der Waals surface area contributed by atoms with Gasteiger partial charge in [0.05, 0.1) is 35.8 Å². The van der Waals surface area contributed by atoms with Gasteiger partial charge in [-0.15, -0.1) is 11.8 Å². The fourth-order valence-electron chi connectivity index (χ4n) is 7.84. The minimum absolute atomic E-state index is 0.0563. The van der Waals surface area contributed by atoms with Crippen molar-refractivity contribution in [1.82, 2.24) is 9.80 Å². The third kappa shape index (κ3) is 4.51. The molecule has 2 saturated heterocycles. The lowest BCUT2D eigenvalue weighted by Gasteiger charge is -2.42. The van der Waals surface area contributed by atoms with Gasteiger partial charge < -0.3 is 19.6 Å². The van der Waals surface area contributed by atoms with E-state index in [1.165, 1.54) is 6.42 Å². The molecule has 6 atom stereocenters. The van der Waals surface area contributed by atoms with Crippen LogP contribution in [0.15, 0.2) is 54.6 Å². The SMILES string of the molecule is C[C@@]12/C=C\CCCOC(=O)[C@@H]1[C@H]1C(=O)N([C@@H](CO)Cc3ccccc3)C3C(=O)N(C4CCCCC4)CC=C[C@@]31S2. The summed E-state index contributed by atoms with van der Waals surface area (Å²) in [7, 11) is 0. The van der Waals surface area contributed by atoms with Crippen molar-refractivity contribution in [1.29, 1.82) is 0 Å². The number of aliphatic hydroxyl groups excluding tert-OH is 1. The number of fused-ring (bicyclic) bond motifs is 2. The second-order valence-electron chi connectivity index (χ2n) is 12.2. The molecule has 0 aromatic heterocycles. The Labute approximate surface area is 241 Å². The lowest BCUT2D eigenvalue weighted by Crippen LogP contribution is -2.58. The second-order valence-corrected chi connectivity index (χ2v) is 14.0. The van der Waals surface area contributed by atoms with Crippen molar-refractivity contribution in [2.24, 2.45) is 11.8 Å². The summed E-state index contributed by atoms with van der Waals surface area (Å²) in [5, 5.41) is 10.7. The molecule has 214 valence electrons. The van der Waals surface area contributed by atoms with Crippen molar-refractivity contribution < 1.29 is 24.2 Å². The van der Waals surface area contributed by atoms with Crippen LogP contribution < -0.4 is 0 Å². The summed E-state index contributed by atoms with van der Waals surface area (Å²) in [5.74, 6) is -2.12. The minimum atomic E-state index is -0.927. The van der Waals surface area contributed by atoms with Crippen molar-refractivity contribution in [2.75, 3.05) is 19.8 Å². The molecule has 1 N–H and O–H groups in total. The van der Waals surface area contributed by atoms with E-state index in [-0.39, 0.29) is 30.4 Å². The molecule has 7 nitrogen and oxygen atoms in total. The molecule has 1 aromatic carbocycles. The number of likely N-dealkylation sites (tertiary alicyclic amines) is 1. The number of thioether (sulfide) groups is 1. The van der Waals surface area contributed by atoms with E-state index in [1.54, 1.807) is 16.7 Å². The highest BCUT2D eigenvalue weighted by molar-refractivity contribution is 8.02. The number of ether oxygens (including phenoxy) is 1. The van der Waals surface area contributed by atoms with Gasteiger partial charge in [0, 0.05) is 17.3 Å². The van der Waals surface area contributed by atoms with Crippen LogP contribution in [0.5, 0.6) is 0 Å². The molecule has 0 bridgehead atoms. The predicted octanol–water partition coefficient (Wildman–Crippen LogP) is 3.90. The van der Waals surface area contributed by atoms with Crippen molar-refractivity contribution in [3.63, 3.8) is 0 Å². The van der Waals surface area contributed by atoms with Crippen LogP contribution in [-0.2, 0) is 25.5 Å². The van der Waals surface area contributed by atoms with Gasteiger partial charge in [-0.25, -0.2) is 0 Å². The minimum Gasteiger partial charge on any atom is -0.465 e. The van der Waals surface area contributed by atoms with Gasteiger partial charge >= 0.3 is 5.97 Å². The quantitative estimate of drug-likeness (QED) is 0.431. The normalized spacial score (nSPS) is 36.0. The summed E-state index contributed by atoms with van der Waals surface area (Å²) in [6.45, 7) is 2.57. The molecule has 1 saturated carbocycles. The Morgan fingerprint density at radius 3 is 2.52 bits per heavy atom. The van der Waals surface area contributed by atoms with Crippen LogP contribution in [0.2, 0.25) is 0 Å². The Balaban J connectivity index is 1.47. The molecule has 6 rings (SSSR count). The van der Waals surface area contributed by atoms with E-state index in [0.717, 1.165) is 44.1 Å². The molecule has 40 heavy (non-hydrogen) atoms. The summed E-state index contributed by atoms with van der Waals surface area (Å²) in [5.41, 5.74) is 0.989. The van der Waals surface area contributed by atoms with E-state index < -0.39 is 33.4 Å². The number of carbonyl (C=O) groups excluding carboxylic acids is 3. The number of rotatable bonds is 5. The van der Waals surface area contributed by atoms with Gasteiger partial charge in [-0.3, -0.25) is 14.4 Å². The van der Waals surface area contributed by atoms with Crippen molar-refractivity contribution >= 4 is 29.5 Å². The van der Waals surface area contributed by atoms with Crippen LogP contribution >= 0.6 is 11.8 Å². The maximum atomic E-state index is 14.7. The molecule has 1 aliphatic carbocycles. The van der Waals surface area contributed by atoms with Gasteiger partial charge in [0.2, 0.25) is 11.8 Å². The first-order chi connectivity index (χ1) is 19.4. The van der Waals surface area contributed by atoms with Crippen molar-refractivity contribution in [2.45, 2.75) is 85.9 Å². The average Bonchev–Trinajstić information content (AvgIpc) is 3.32. The molecular formula is C32H40N2O5S. The van der Waals surface area contributed by atoms with E-state index in [2.05, 4.69) is 24.3 Å². The maximum Gasteiger partial charge on any atom is 0.311 e. The number of cyclic esters (lactones) is 1. The van der Waals surface area contributed by atoms with Gasteiger partial charge in [-0.05, 0) is 44.6 Å². The van der Waals surface area contributed by atoms with Crippen LogP contribution in [0.3, 0.4) is 0 Å². The van der Waals surface area contributed by atoms with Gasteiger partial charge in [0.15, 0.2) is 0 Å². The van der Waals surface area contributed by atoms with E-state index in [4.69, 9.17) is 4.74 Å². The second kappa shape index (κ2) is 11.0. The van der Waals surface area contributed by atoms with Crippen LogP contribution in [-0.4, -0.2) is 80.1 Å². The van der Waals surface area contributed by atoms with Crippen LogP contribution in [0, 0.1) is 11.8 Å². The zero-order valence-electron chi connectivity index (χ0n) is 23.2. The molecule has 8 heteroatoms. The van der Waals surface area contributed by atoms with Gasteiger partial charge in [0.1, 0.15) is 6.04 Å². The molecule has 3 fully saturated rings. The van der Waals surface area contributed by atoms with Crippen LogP contribution in [0.1, 0.15) is 57.4 Å². The van der Waals surface area contributed by atoms with E-state index >= 15 is 0 Å². The predicted molar refractivity (Wildman–Crippen MR) is 154 cm³/mol. The van der Waals surface area contributed by atoms with Crippen LogP contribution in [0.4, 0.5) is 0 Å². The molecule has 4 heterocycles. The molecular weight excluding hydrogens is 524 g/mol. The third-order valence-electron chi connectivity index (χ3n) is 9.65. The smallest absolute Gasteiger partial charge is 0.311 e. The van der Waals surface area contributed by atoms with E-state index in [1.807, 2.05) is 42.2 Å². The number of allylic oxidation sites excluding steroid dienone is 1. The first kappa shape index (κ1) is 27.6. The molecule has 2 amide bonds. The van der Waals surface area contributed by atoms with E-state index in [9.17, 15) is 19.5 Å². The monoisotopic (exact) mass is 564 g/mol. The van der Waals surface area contributed by atoms with Crippen molar-refractivity contribution in [3.8, 4) is 0 Å². The van der Waals surface area contributed by atoms with Gasteiger partial charge in [0.25, 0.3) is 0 Å². The number of benzene rings is 1. The zero-order valence-corrected chi connectivity index (χ0v) is 24.1. The fraction of sp³-hybridized carbons (Fsp3) is 0.594. The Morgan fingerprint density at radius 2 is 1.77 bits per heavy atom. The largest absolute Gasteiger partial charge is 0.465 e. The molecule has 0 radical (unpaired) electrons. The Morgan fingerprint density at radius 1 is 1.00 bits per heavy atom. The maximum absolute atomic E-state index is 14.7. The molecule has 4 aliphatic heterocycles. The number of esters is 1. The standard InChI is InChI=1S/C32H40N2O5S/c1-31-16-9-4-10-19-39-30(38)26(31)25-28(36)34(24(21-35)20-22-12-5-2-6-13-22)27-29(37)33(23-14-7-3-8-15-23)18-11-17-32(25,27)40-31/h2,5-6,9,11-13,16-17,23-27,35H,3-4,7-8,10,14-15,18-21H2,1H3/b16-9-/t24-,25+,26+,27?,31-,32+/m1/s1. The number of nitrogens with zero attached hydrogens (tertiary/aromatic N) is 2. The van der Waals surface area contributed by atoms with Crippen molar-refractivity contribution in [3.05, 3.63) is 60.2 Å². The zero-order chi connectivity index (χ0) is 27.9. The summed E-state index contributed by atoms with van der Waals surface area (Å²) in [6.07, 6.45) is 15.6. The molecule has 1 spiro atoms. The van der Waals surface area contributed by atoms with Gasteiger partial charge in [-0.1, -0.05) is 73.9 Å². The molecule has 1 unspecified atom stereocenters. The third-order valence-corrected chi connectivity index (χ3v) is 11.4. The van der Waals surface area contributed by atoms with Gasteiger partial charge in [-0.2, -0.15) is 0 Å². The summed E-state index contributed by atoms with van der Waals surface area (Å²) >= 11 is 1.58. The highest BCUT2D eigenvalue weighted by Gasteiger charge is 2.74.